The molecule has 2 rings (SSSR count). The normalized spacial score (nSPS) is 34.8. The minimum absolute atomic E-state index is 0.101. The van der Waals surface area contributed by atoms with Crippen molar-refractivity contribution in [2.45, 2.75) is 57.2 Å². The molecule has 2 aliphatic rings. The van der Waals surface area contributed by atoms with Gasteiger partial charge >= 0.3 is 0 Å². The topological polar surface area (TPSA) is 35.5 Å². The van der Waals surface area contributed by atoms with Crippen molar-refractivity contribution in [2.24, 2.45) is 0 Å². The molecule has 1 heterocycles. The second kappa shape index (κ2) is 5.28. The SMILES string of the molecule is CC(CN[C@H]1CCC[C@@H]1O)N1CCCC1. The number of hydrogen-bond donors (Lipinski definition) is 2. The molecule has 2 fully saturated rings. The van der Waals surface area contributed by atoms with Gasteiger partial charge in [-0.1, -0.05) is 0 Å². The minimum Gasteiger partial charge on any atom is -0.392 e. The first-order valence-corrected chi connectivity index (χ1v) is 6.43. The molecule has 2 N–H and O–H groups in total. The van der Waals surface area contributed by atoms with Crippen molar-refractivity contribution in [3.05, 3.63) is 0 Å². The summed E-state index contributed by atoms with van der Waals surface area (Å²) in [4.78, 5) is 2.55. The summed E-state index contributed by atoms with van der Waals surface area (Å²) in [5, 5.41) is 13.2. The van der Waals surface area contributed by atoms with Crippen LogP contribution >= 0.6 is 0 Å². The van der Waals surface area contributed by atoms with Crippen LogP contribution < -0.4 is 5.32 Å². The molecule has 15 heavy (non-hydrogen) atoms. The van der Waals surface area contributed by atoms with E-state index in [2.05, 4.69) is 17.1 Å². The van der Waals surface area contributed by atoms with E-state index in [1.807, 2.05) is 0 Å². The molecule has 0 spiro atoms. The van der Waals surface area contributed by atoms with Gasteiger partial charge in [0.05, 0.1) is 6.10 Å². The van der Waals surface area contributed by atoms with E-state index >= 15 is 0 Å². The third-order valence-corrected chi connectivity index (χ3v) is 3.92. The zero-order chi connectivity index (χ0) is 10.7. The summed E-state index contributed by atoms with van der Waals surface area (Å²) in [6, 6.07) is 0.982. The predicted octanol–water partition coefficient (Wildman–Crippen LogP) is 0.974. The van der Waals surface area contributed by atoms with Gasteiger partial charge in [0.15, 0.2) is 0 Å². The number of nitrogens with zero attached hydrogens (tertiary/aromatic N) is 1. The maximum atomic E-state index is 9.69. The summed E-state index contributed by atoms with van der Waals surface area (Å²) in [5.74, 6) is 0. The van der Waals surface area contributed by atoms with Gasteiger partial charge in [0.1, 0.15) is 0 Å². The van der Waals surface area contributed by atoms with Crippen LogP contribution in [0.5, 0.6) is 0 Å². The molecule has 3 heteroatoms. The summed E-state index contributed by atoms with van der Waals surface area (Å²) in [6.45, 7) is 5.84. The van der Waals surface area contributed by atoms with Crippen LogP contribution in [0.1, 0.15) is 39.0 Å². The van der Waals surface area contributed by atoms with Crippen LogP contribution in [0.15, 0.2) is 0 Å². The van der Waals surface area contributed by atoms with Gasteiger partial charge in [0.25, 0.3) is 0 Å². The highest BCUT2D eigenvalue weighted by Crippen LogP contribution is 2.19. The summed E-state index contributed by atoms with van der Waals surface area (Å²) in [5.41, 5.74) is 0. The van der Waals surface area contributed by atoms with Crippen LogP contribution in [0.3, 0.4) is 0 Å². The van der Waals surface area contributed by atoms with E-state index in [-0.39, 0.29) is 6.10 Å². The highest BCUT2D eigenvalue weighted by Gasteiger charge is 2.26. The number of likely N-dealkylation sites (tertiary alicyclic amines) is 1. The van der Waals surface area contributed by atoms with Crippen molar-refractivity contribution in [3.63, 3.8) is 0 Å². The average Bonchev–Trinajstić information content (AvgIpc) is 2.85. The van der Waals surface area contributed by atoms with Crippen LogP contribution in [-0.4, -0.2) is 47.8 Å². The van der Waals surface area contributed by atoms with Crippen LogP contribution in [0.25, 0.3) is 0 Å². The maximum absolute atomic E-state index is 9.69. The van der Waals surface area contributed by atoms with E-state index in [1.54, 1.807) is 0 Å². The second-order valence-corrected chi connectivity index (χ2v) is 5.11. The Kier molecular flexibility index (Phi) is 4.00. The molecule has 1 aliphatic carbocycles. The van der Waals surface area contributed by atoms with Gasteiger partial charge in [-0.05, 0) is 52.1 Å². The monoisotopic (exact) mass is 212 g/mol. The minimum atomic E-state index is -0.101. The molecule has 0 bridgehead atoms. The molecule has 1 saturated heterocycles. The molecule has 0 aromatic rings. The van der Waals surface area contributed by atoms with E-state index < -0.39 is 0 Å². The predicted molar refractivity (Wildman–Crippen MR) is 61.9 cm³/mol. The van der Waals surface area contributed by atoms with Crippen LogP contribution in [0.2, 0.25) is 0 Å². The summed E-state index contributed by atoms with van der Waals surface area (Å²) in [7, 11) is 0. The van der Waals surface area contributed by atoms with Gasteiger partial charge in [0.2, 0.25) is 0 Å². The van der Waals surface area contributed by atoms with Crippen LogP contribution in [0.4, 0.5) is 0 Å². The van der Waals surface area contributed by atoms with Gasteiger partial charge in [0, 0.05) is 18.6 Å². The number of nitrogens with one attached hydrogen (secondary N) is 1. The third kappa shape index (κ3) is 2.92. The second-order valence-electron chi connectivity index (χ2n) is 5.11. The Morgan fingerprint density at radius 3 is 2.60 bits per heavy atom. The first-order valence-electron chi connectivity index (χ1n) is 6.43. The maximum Gasteiger partial charge on any atom is 0.0693 e. The van der Waals surface area contributed by atoms with Crippen molar-refractivity contribution < 1.29 is 5.11 Å². The Morgan fingerprint density at radius 1 is 1.27 bits per heavy atom. The summed E-state index contributed by atoms with van der Waals surface area (Å²) >= 11 is 0. The van der Waals surface area contributed by atoms with E-state index in [0.29, 0.717) is 12.1 Å². The molecule has 1 aliphatic heterocycles. The molecule has 0 radical (unpaired) electrons. The molecule has 3 atom stereocenters. The standard InChI is InChI=1S/C12H24N2O/c1-10(14-7-2-3-8-14)9-13-11-5-4-6-12(11)15/h10-13,15H,2-9H2,1H3/t10?,11-,12-/m0/s1. The molecular weight excluding hydrogens is 188 g/mol. The van der Waals surface area contributed by atoms with Crippen molar-refractivity contribution in [2.75, 3.05) is 19.6 Å². The lowest BCUT2D eigenvalue weighted by Gasteiger charge is -2.26. The Labute approximate surface area is 92.8 Å². The highest BCUT2D eigenvalue weighted by molar-refractivity contribution is 4.84. The molecular formula is C12H24N2O. The van der Waals surface area contributed by atoms with E-state index in [0.717, 1.165) is 19.4 Å². The summed E-state index contributed by atoms with van der Waals surface area (Å²) in [6.07, 6.45) is 5.92. The van der Waals surface area contributed by atoms with E-state index in [9.17, 15) is 5.11 Å². The largest absolute Gasteiger partial charge is 0.392 e. The van der Waals surface area contributed by atoms with E-state index in [1.165, 1.54) is 32.4 Å². The fourth-order valence-electron chi connectivity index (χ4n) is 2.81. The molecule has 3 nitrogen and oxygen atoms in total. The fraction of sp³-hybridized carbons (Fsp3) is 1.00. The quantitative estimate of drug-likeness (QED) is 0.729. The van der Waals surface area contributed by atoms with Gasteiger partial charge in [-0.25, -0.2) is 0 Å². The average molecular weight is 212 g/mol. The number of aliphatic hydroxyl groups is 1. The molecule has 0 aromatic carbocycles. The zero-order valence-electron chi connectivity index (χ0n) is 9.78. The van der Waals surface area contributed by atoms with E-state index in [4.69, 9.17) is 0 Å². The van der Waals surface area contributed by atoms with Gasteiger partial charge < -0.3 is 10.4 Å². The smallest absolute Gasteiger partial charge is 0.0693 e. The molecule has 1 saturated carbocycles. The van der Waals surface area contributed by atoms with Crippen molar-refractivity contribution in [3.8, 4) is 0 Å². The number of rotatable bonds is 4. The van der Waals surface area contributed by atoms with Crippen molar-refractivity contribution in [1.82, 2.24) is 10.2 Å². The lowest BCUT2D eigenvalue weighted by molar-refractivity contribution is 0.142. The first kappa shape index (κ1) is 11.4. The fourth-order valence-corrected chi connectivity index (χ4v) is 2.81. The van der Waals surface area contributed by atoms with Gasteiger partial charge in [-0.15, -0.1) is 0 Å². The van der Waals surface area contributed by atoms with Gasteiger partial charge in [-0.2, -0.15) is 0 Å². The molecule has 0 amide bonds. The zero-order valence-corrected chi connectivity index (χ0v) is 9.78. The van der Waals surface area contributed by atoms with Crippen LogP contribution in [0, 0.1) is 0 Å². The Balaban J connectivity index is 1.67. The third-order valence-electron chi connectivity index (χ3n) is 3.92. The lowest BCUT2D eigenvalue weighted by Crippen LogP contribution is -2.44. The highest BCUT2D eigenvalue weighted by atomic mass is 16.3. The first-order chi connectivity index (χ1) is 7.27. The van der Waals surface area contributed by atoms with Gasteiger partial charge in [-0.3, -0.25) is 4.90 Å². The number of hydrogen-bond acceptors (Lipinski definition) is 3. The molecule has 88 valence electrons. The van der Waals surface area contributed by atoms with Crippen LogP contribution in [-0.2, 0) is 0 Å². The molecule has 0 aromatic heterocycles. The molecule has 1 unspecified atom stereocenters. The summed E-state index contributed by atoms with van der Waals surface area (Å²) < 4.78 is 0. The Bertz CT molecular complexity index is 192. The lowest BCUT2D eigenvalue weighted by atomic mass is 10.2. The Morgan fingerprint density at radius 2 is 2.00 bits per heavy atom. The van der Waals surface area contributed by atoms with Crippen molar-refractivity contribution >= 4 is 0 Å². The Hall–Kier alpha value is -0.120. The van der Waals surface area contributed by atoms with Crippen molar-refractivity contribution in [1.29, 1.82) is 0 Å². The number of aliphatic hydroxyl groups excluding tert-OH is 1.